The van der Waals surface area contributed by atoms with E-state index in [0.717, 1.165) is 15.4 Å². The molecule has 0 spiro atoms. The van der Waals surface area contributed by atoms with Crippen LogP contribution in [-0.4, -0.2) is 40.6 Å². The first-order valence-corrected chi connectivity index (χ1v) is 9.01. The summed E-state index contributed by atoms with van der Waals surface area (Å²) < 4.78 is 6.19. The highest BCUT2D eigenvalue weighted by Gasteiger charge is 2.23. The molecule has 2 amide bonds. The predicted molar refractivity (Wildman–Crippen MR) is 106 cm³/mol. The van der Waals surface area contributed by atoms with Crippen molar-refractivity contribution in [1.29, 1.82) is 0 Å². The zero-order chi connectivity index (χ0) is 19.5. The Bertz CT molecular complexity index is 833. The average Bonchev–Trinajstić information content (AvgIpc) is 2.53. The molecule has 2 rings (SSSR count). The second-order valence-electron chi connectivity index (χ2n) is 6.79. The second-order valence-corrected chi connectivity index (χ2v) is 7.71. The van der Waals surface area contributed by atoms with Crippen molar-refractivity contribution < 1.29 is 14.3 Å². The van der Waals surface area contributed by atoms with Crippen LogP contribution in [-0.2, 0) is 9.53 Å². The van der Waals surface area contributed by atoms with Crippen LogP contribution in [0, 0.1) is 0 Å². The van der Waals surface area contributed by atoms with Gasteiger partial charge in [0.25, 0.3) is 0 Å². The fourth-order valence-corrected chi connectivity index (χ4v) is 2.63. The summed E-state index contributed by atoms with van der Waals surface area (Å²) in [6.45, 7) is 7.32. The zero-order valence-corrected chi connectivity index (χ0v) is 16.9. The Morgan fingerprint density at radius 1 is 1.35 bits per heavy atom. The minimum absolute atomic E-state index is 0.136. The number of nitrogen functional groups attached to an aromatic ring is 1. The van der Waals surface area contributed by atoms with Crippen LogP contribution in [0.5, 0.6) is 0 Å². The van der Waals surface area contributed by atoms with Gasteiger partial charge < -0.3 is 15.8 Å². The van der Waals surface area contributed by atoms with Crippen molar-refractivity contribution >= 4 is 50.2 Å². The topological polar surface area (TPSA) is 97.5 Å². The van der Waals surface area contributed by atoms with Gasteiger partial charge in [-0.05, 0) is 45.9 Å². The number of nitrogens with one attached hydrogen (secondary N) is 1. The molecule has 26 heavy (non-hydrogen) atoms. The maximum atomic E-state index is 12.3. The first-order valence-electron chi connectivity index (χ1n) is 8.22. The number of carbonyl (C=O) groups excluding carboxylic acids is 2. The number of halogens is 1. The fourth-order valence-electron chi connectivity index (χ4n) is 2.28. The van der Waals surface area contributed by atoms with Crippen LogP contribution >= 0.6 is 15.9 Å². The predicted octanol–water partition coefficient (Wildman–Crippen LogP) is 3.78. The standard InChI is InChI=1S/C18H23BrN4O3/c1-5-23(17(25)26-18(2,3)4)10-15(24)22-14-9-21-13-8-11(19)6-7-12(13)16(14)20/h6-9H,5,10H2,1-4H3,(H2,20,21)(H,22,24). The number of rotatable bonds is 4. The van der Waals surface area contributed by atoms with E-state index in [1.54, 1.807) is 27.7 Å². The number of nitrogens with two attached hydrogens (primary N) is 1. The van der Waals surface area contributed by atoms with Crippen LogP contribution in [0.3, 0.4) is 0 Å². The van der Waals surface area contributed by atoms with Crippen molar-refractivity contribution in [3.63, 3.8) is 0 Å². The molecule has 1 aromatic heterocycles. The van der Waals surface area contributed by atoms with E-state index in [1.807, 2.05) is 18.2 Å². The summed E-state index contributed by atoms with van der Waals surface area (Å²) in [5, 5.41) is 3.45. The van der Waals surface area contributed by atoms with E-state index in [2.05, 4.69) is 26.2 Å². The number of aromatic nitrogens is 1. The van der Waals surface area contributed by atoms with Gasteiger partial charge in [-0.3, -0.25) is 14.7 Å². The fraction of sp³-hybridized carbons (Fsp3) is 0.389. The van der Waals surface area contributed by atoms with Crippen LogP contribution < -0.4 is 11.1 Å². The summed E-state index contributed by atoms with van der Waals surface area (Å²) in [6.07, 6.45) is 0.968. The van der Waals surface area contributed by atoms with Gasteiger partial charge in [-0.25, -0.2) is 4.79 Å². The van der Waals surface area contributed by atoms with Gasteiger partial charge in [0, 0.05) is 16.4 Å². The summed E-state index contributed by atoms with van der Waals surface area (Å²) in [6, 6.07) is 5.53. The number of ether oxygens (including phenoxy) is 1. The molecule has 1 heterocycles. The molecule has 0 saturated heterocycles. The molecule has 0 atom stereocenters. The van der Waals surface area contributed by atoms with Gasteiger partial charge in [-0.15, -0.1) is 0 Å². The Hall–Kier alpha value is -2.35. The number of carbonyl (C=O) groups is 2. The molecule has 0 aliphatic heterocycles. The number of hydrogen-bond donors (Lipinski definition) is 2. The summed E-state index contributed by atoms with van der Waals surface area (Å²) in [5.74, 6) is -0.373. The van der Waals surface area contributed by atoms with E-state index in [1.165, 1.54) is 11.1 Å². The van der Waals surface area contributed by atoms with Gasteiger partial charge in [-0.1, -0.05) is 15.9 Å². The molecule has 8 heteroatoms. The number of amides is 2. The number of benzene rings is 1. The van der Waals surface area contributed by atoms with E-state index in [9.17, 15) is 9.59 Å². The van der Waals surface area contributed by atoms with E-state index in [-0.39, 0.29) is 12.5 Å². The molecule has 0 radical (unpaired) electrons. The van der Waals surface area contributed by atoms with Gasteiger partial charge >= 0.3 is 6.09 Å². The second kappa shape index (κ2) is 7.90. The number of anilines is 2. The Morgan fingerprint density at radius 3 is 2.65 bits per heavy atom. The molecule has 3 N–H and O–H groups in total. The highest BCUT2D eigenvalue weighted by Crippen LogP contribution is 2.28. The maximum Gasteiger partial charge on any atom is 0.410 e. The molecule has 0 unspecified atom stereocenters. The van der Waals surface area contributed by atoms with E-state index in [0.29, 0.717) is 17.9 Å². The van der Waals surface area contributed by atoms with E-state index >= 15 is 0 Å². The molecular formula is C18H23BrN4O3. The molecule has 0 saturated carbocycles. The van der Waals surface area contributed by atoms with Gasteiger partial charge in [0.15, 0.2) is 0 Å². The van der Waals surface area contributed by atoms with Crippen LogP contribution in [0.1, 0.15) is 27.7 Å². The van der Waals surface area contributed by atoms with Gasteiger partial charge in [0.05, 0.1) is 23.1 Å². The van der Waals surface area contributed by atoms with E-state index < -0.39 is 11.7 Å². The molecule has 140 valence electrons. The first kappa shape index (κ1) is 20.0. The number of hydrogen-bond acceptors (Lipinski definition) is 5. The number of nitrogens with zero attached hydrogens (tertiary/aromatic N) is 2. The smallest absolute Gasteiger partial charge is 0.410 e. The number of fused-ring (bicyclic) bond motifs is 1. The highest BCUT2D eigenvalue weighted by atomic mass is 79.9. The Labute approximate surface area is 161 Å². The third kappa shape index (κ3) is 5.08. The highest BCUT2D eigenvalue weighted by molar-refractivity contribution is 9.10. The lowest BCUT2D eigenvalue weighted by molar-refractivity contribution is -0.117. The molecular weight excluding hydrogens is 400 g/mol. The molecule has 7 nitrogen and oxygen atoms in total. The van der Waals surface area contributed by atoms with Gasteiger partial charge in [-0.2, -0.15) is 0 Å². The average molecular weight is 423 g/mol. The molecule has 0 aliphatic carbocycles. The van der Waals surface area contributed by atoms with Crippen LogP contribution in [0.4, 0.5) is 16.2 Å². The largest absolute Gasteiger partial charge is 0.444 e. The normalized spacial score (nSPS) is 11.3. The minimum atomic E-state index is -0.623. The van der Waals surface area contributed by atoms with E-state index in [4.69, 9.17) is 10.5 Å². The molecule has 0 fully saturated rings. The molecule has 1 aromatic carbocycles. The van der Waals surface area contributed by atoms with Crippen molar-refractivity contribution in [2.24, 2.45) is 0 Å². The summed E-state index contributed by atoms with van der Waals surface area (Å²) in [5.41, 5.74) is 7.08. The van der Waals surface area contributed by atoms with Gasteiger partial charge in [0.1, 0.15) is 12.1 Å². The third-order valence-corrected chi connectivity index (χ3v) is 4.01. The van der Waals surface area contributed by atoms with Crippen molar-refractivity contribution in [2.45, 2.75) is 33.3 Å². The summed E-state index contributed by atoms with van der Waals surface area (Å²) >= 11 is 3.39. The van der Waals surface area contributed by atoms with Crippen molar-refractivity contribution in [3.05, 3.63) is 28.9 Å². The lowest BCUT2D eigenvalue weighted by atomic mass is 10.1. The Balaban J connectivity index is 2.11. The van der Waals surface area contributed by atoms with Crippen LogP contribution in [0.25, 0.3) is 10.9 Å². The maximum absolute atomic E-state index is 12.3. The first-order chi connectivity index (χ1) is 12.1. The Morgan fingerprint density at radius 2 is 2.04 bits per heavy atom. The molecule has 0 bridgehead atoms. The van der Waals surface area contributed by atoms with Crippen molar-refractivity contribution in [1.82, 2.24) is 9.88 Å². The zero-order valence-electron chi connectivity index (χ0n) is 15.3. The van der Waals surface area contributed by atoms with Crippen molar-refractivity contribution in [3.8, 4) is 0 Å². The quantitative estimate of drug-likeness (QED) is 0.780. The monoisotopic (exact) mass is 422 g/mol. The Kier molecular flexibility index (Phi) is 6.07. The van der Waals surface area contributed by atoms with Gasteiger partial charge in [0.2, 0.25) is 5.91 Å². The number of pyridine rings is 1. The lowest BCUT2D eigenvalue weighted by Gasteiger charge is -2.26. The van der Waals surface area contributed by atoms with Crippen molar-refractivity contribution in [2.75, 3.05) is 24.1 Å². The number of likely N-dealkylation sites (N-methyl/N-ethyl adjacent to an activating group) is 1. The third-order valence-electron chi connectivity index (χ3n) is 3.51. The minimum Gasteiger partial charge on any atom is -0.444 e. The summed E-state index contributed by atoms with van der Waals surface area (Å²) in [4.78, 5) is 30.1. The molecule has 2 aromatic rings. The SMILES string of the molecule is CCN(CC(=O)Nc1cnc2cc(Br)ccc2c1N)C(=O)OC(C)(C)C. The molecule has 0 aliphatic rings. The summed E-state index contributed by atoms with van der Waals surface area (Å²) in [7, 11) is 0. The van der Waals surface area contributed by atoms with Crippen LogP contribution in [0.15, 0.2) is 28.9 Å². The lowest BCUT2D eigenvalue weighted by Crippen LogP contribution is -2.41. The van der Waals surface area contributed by atoms with Crippen LogP contribution in [0.2, 0.25) is 0 Å².